The highest BCUT2D eigenvalue weighted by atomic mass is 32.2. The second-order valence-electron chi connectivity index (χ2n) is 4.35. The van der Waals surface area contributed by atoms with Crippen molar-refractivity contribution in [2.24, 2.45) is 0 Å². The SMILES string of the molecule is CS(=O)(=O)c1ccc(SC[C@@H]2CCCN2)cc1. The van der Waals surface area contributed by atoms with Gasteiger partial charge in [-0.2, -0.15) is 0 Å². The lowest BCUT2D eigenvalue weighted by atomic mass is 10.3. The first-order valence-corrected chi connectivity index (χ1v) is 8.60. The molecular formula is C12H17NO2S2. The van der Waals surface area contributed by atoms with E-state index in [0.29, 0.717) is 10.9 Å². The van der Waals surface area contributed by atoms with Gasteiger partial charge in [0, 0.05) is 22.9 Å². The summed E-state index contributed by atoms with van der Waals surface area (Å²) in [5.41, 5.74) is 0. The zero-order valence-electron chi connectivity index (χ0n) is 9.85. The molecule has 5 heteroatoms. The highest BCUT2D eigenvalue weighted by Crippen LogP contribution is 2.22. The number of benzene rings is 1. The van der Waals surface area contributed by atoms with E-state index in [1.165, 1.54) is 19.1 Å². The fourth-order valence-corrected chi connectivity index (χ4v) is 3.52. The molecule has 1 N–H and O–H groups in total. The number of sulfone groups is 1. The minimum atomic E-state index is -3.07. The molecule has 94 valence electrons. The van der Waals surface area contributed by atoms with E-state index >= 15 is 0 Å². The third-order valence-corrected chi connectivity index (χ3v) is 5.17. The van der Waals surface area contributed by atoms with Crippen LogP contribution >= 0.6 is 11.8 Å². The summed E-state index contributed by atoms with van der Waals surface area (Å²) in [4.78, 5) is 1.52. The molecule has 1 aliphatic rings. The van der Waals surface area contributed by atoms with Gasteiger partial charge in [0.05, 0.1) is 4.90 Å². The van der Waals surface area contributed by atoms with Gasteiger partial charge in [-0.1, -0.05) is 0 Å². The first-order valence-electron chi connectivity index (χ1n) is 5.72. The Kier molecular flexibility index (Phi) is 4.12. The summed E-state index contributed by atoms with van der Waals surface area (Å²) in [5, 5.41) is 3.45. The molecule has 1 aromatic rings. The van der Waals surface area contributed by atoms with Crippen LogP contribution in [-0.4, -0.2) is 33.0 Å². The van der Waals surface area contributed by atoms with Crippen molar-refractivity contribution in [1.82, 2.24) is 5.32 Å². The molecule has 0 amide bonds. The van der Waals surface area contributed by atoms with Crippen LogP contribution in [0.1, 0.15) is 12.8 Å². The molecule has 1 fully saturated rings. The molecule has 0 aliphatic carbocycles. The van der Waals surface area contributed by atoms with Crippen molar-refractivity contribution in [2.45, 2.75) is 28.7 Å². The topological polar surface area (TPSA) is 46.2 Å². The van der Waals surface area contributed by atoms with E-state index in [0.717, 1.165) is 17.2 Å². The van der Waals surface area contributed by atoms with E-state index in [9.17, 15) is 8.42 Å². The van der Waals surface area contributed by atoms with Gasteiger partial charge in [-0.05, 0) is 43.7 Å². The van der Waals surface area contributed by atoms with Crippen molar-refractivity contribution in [1.29, 1.82) is 0 Å². The fourth-order valence-electron chi connectivity index (χ4n) is 1.88. The Morgan fingerprint density at radius 1 is 1.35 bits per heavy atom. The van der Waals surface area contributed by atoms with Crippen molar-refractivity contribution >= 4 is 21.6 Å². The van der Waals surface area contributed by atoms with Crippen LogP contribution in [0, 0.1) is 0 Å². The van der Waals surface area contributed by atoms with Crippen LogP contribution in [0.2, 0.25) is 0 Å². The van der Waals surface area contributed by atoms with Crippen molar-refractivity contribution in [3.05, 3.63) is 24.3 Å². The lowest BCUT2D eigenvalue weighted by Crippen LogP contribution is -2.23. The molecule has 17 heavy (non-hydrogen) atoms. The maximum Gasteiger partial charge on any atom is 0.175 e. The van der Waals surface area contributed by atoms with Crippen LogP contribution in [0.4, 0.5) is 0 Å². The molecule has 0 aromatic heterocycles. The first kappa shape index (κ1) is 12.9. The van der Waals surface area contributed by atoms with Gasteiger partial charge in [-0.3, -0.25) is 0 Å². The summed E-state index contributed by atoms with van der Waals surface area (Å²) in [7, 11) is -3.07. The highest BCUT2D eigenvalue weighted by molar-refractivity contribution is 7.99. The molecule has 1 atom stereocenters. The van der Waals surface area contributed by atoms with Gasteiger partial charge >= 0.3 is 0 Å². The Morgan fingerprint density at radius 2 is 2.06 bits per heavy atom. The number of rotatable bonds is 4. The van der Waals surface area contributed by atoms with Crippen molar-refractivity contribution in [2.75, 3.05) is 18.6 Å². The maximum absolute atomic E-state index is 11.3. The Balaban J connectivity index is 1.94. The summed E-state index contributed by atoms with van der Waals surface area (Å²) in [5.74, 6) is 1.05. The third kappa shape index (κ3) is 3.72. The van der Waals surface area contributed by atoms with Gasteiger partial charge in [-0.15, -0.1) is 11.8 Å². The van der Waals surface area contributed by atoms with E-state index in [4.69, 9.17) is 0 Å². The zero-order valence-corrected chi connectivity index (χ0v) is 11.5. The molecular weight excluding hydrogens is 254 g/mol. The summed E-state index contributed by atoms with van der Waals surface area (Å²) in [6.07, 6.45) is 3.74. The number of thioether (sulfide) groups is 1. The molecule has 2 rings (SSSR count). The molecule has 1 saturated heterocycles. The van der Waals surface area contributed by atoms with E-state index in [-0.39, 0.29) is 0 Å². The van der Waals surface area contributed by atoms with Gasteiger partial charge in [0.25, 0.3) is 0 Å². The van der Waals surface area contributed by atoms with Gasteiger partial charge in [0.2, 0.25) is 0 Å². The van der Waals surface area contributed by atoms with Gasteiger partial charge in [0.1, 0.15) is 0 Å². The van der Waals surface area contributed by atoms with Crippen LogP contribution in [0.5, 0.6) is 0 Å². The standard InChI is InChI=1S/C12H17NO2S2/c1-17(14,15)12-6-4-11(5-7-12)16-9-10-3-2-8-13-10/h4-7,10,13H,2-3,8-9H2,1H3/t10-/m0/s1. The number of nitrogens with one attached hydrogen (secondary N) is 1. The van der Waals surface area contributed by atoms with Gasteiger partial charge in [0.15, 0.2) is 9.84 Å². The second kappa shape index (κ2) is 5.42. The Morgan fingerprint density at radius 3 is 2.59 bits per heavy atom. The molecule has 1 aliphatic heterocycles. The normalized spacial score (nSPS) is 20.6. The predicted molar refractivity (Wildman–Crippen MR) is 71.3 cm³/mol. The van der Waals surface area contributed by atoms with Gasteiger partial charge in [-0.25, -0.2) is 8.42 Å². The van der Waals surface area contributed by atoms with Crippen molar-refractivity contribution in [3.8, 4) is 0 Å². The van der Waals surface area contributed by atoms with Crippen LogP contribution < -0.4 is 5.32 Å². The Hall–Kier alpha value is -0.520. The molecule has 0 saturated carbocycles. The predicted octanol–water partition coefficient (Wildman–Crippen LogP) is 1.93. The lowest BCUT2D eigenvalue weighted by molar-refractivity contribution is 0.602. The molecule has 0 unspecified atom stereocenters. The van der Waals surface area contributed by atoms with Crippen molar-refractivity contribution in [3.63, 3.8) is 0 Å². The molecule has 1 aromatic carbocycles. The van der Waals surface area contributed by atoms with Gasteiger partial charge < -0.3 is 5.32 Å². The van der Waals surface area contributed by atoms with E-state index in [2.05, 4.69) is 5.32 Å². The quantitative estimate of drug-likeness (QED) is 0.850. The molecule has 0 bridgehead atoms. The molecule has 3 nitrogen and oxygen atoms in total. The average Bonchev–Trinajstić information content (AvgIpc) is 2.78. The monoisotopic (exact) mass is 271 g/mol. The minimum absolute atomic E-state index is 0.390. The fraction of sp³-hybridized carbons (Fsp3) is 0.500. The molecule has 0 spiro atoms. The summed E-state index contributed by atoms with van der Waals surface area (Å²) in [6.45, 7) is 1.12. The average molecular weight is 271 g/mol. The minimum Gasteiger partial charge on any atom is -0.313 e. The maximum atomic E-state index is 11.3. The Bertz CT molecular complexity index is 462. The van der Waals surface area contributed by atoms with Crippen molar-refractivity contribution < 1.29 is 8.42 Å². The van der Waals surface area contributed by atoms with Crippen LogP contribution in [0.25, 0.3) is 0 Å². The zero-order chi connectivity index (χ0) is 12.3. The van der Waals surface area contributed by atoms with Crippen LogP contribution in [0.3, 0.4) is 0 Å². The number of hydrogen-bond acceptors (Lipinski definition) is 4. The molecule has 1 heterocycles. The van der Waals surface area contributed by atoms with E-state index in [1.54, 1.807) is 23.9 Å². The molecule has 0 radical (unpaired) electrons. The Labute approximate surface area is 107 Å². The highest BCUT2D eigenvalue weighted by Gasteiger charge is 2.14. The lowest BCUT2D eigenvalue weighted by Gasteiger charge is -2.09. The van der Waals surface area contributed by atoms with E-state index < -0.39 is 9.84 Å². The van der Waals surface area contributed by atoms with Crippen LogP contribution in [-0.2, 0) is 9.84 Å². The second-order valence-corrected chi connectivity index (χ2v) is 7.46. The summed E-state index contributed by atoms with van der Waals surface area (Å²) in [6, 6.07) is 7.74. The smallest absolute Gasteiger partial charge is 0.175 e. The first-order chi connectivity index (χ1) is 8.05. The third-order valence-electron chi connectivity index (χ3n) is 2.87. The largest absolute Gasteiger partial charge is 0.313 e. The summed E-state index contributed by atoms with van der Waals surface area (Å²) >= 11 is 1.78. The van der Waals surface area contributed by atoms with E-state index in [1.807, 2.05) is 12.1 Å². The number of hydrogen-bond donors (Lipinski definition) is 1. The summed E-state index contributed by atoms with van der Waals surface area (Å²) < 4.78 is 22.6. The van der Waals surface area contributed by atoms with Crippen LogP contribution in [0.15, 0.2) is 34.1 Å².